The smallest absolute Gasteiger partial charge is 0.00104 e. The minimum atomic E-state index is 0.601. The summed E-state index contributed by atoms with van der Waals surface area (Å²) in [5.74, 6) is 0. The monoisotopic (exact) mass is 167 g/mol. The van der Waals surface area contributed by atoms with Crippen molar-refractivity contribution in [2.45, 2.75) is 46.0 Å². The summed E-state index contributed by atoms with van der Waals surface area (Å²) in [6.07, 6.45) is 7.21. The van der Waals surface area contributed by atoms with Gasteiger partial charge in [-0.15, -0.1) is 0 Å². The zero-order chi connectivity index (χ0) is 8.66. The highest BCUT2D eigenvalue weighted by Crippen LogP contribution is 2.53. The first-order valence-corrected chi connectivity index (χ1v) is 5.37. The number of hydrogen-bond donors (Lipinski definition) is 1. The first-order chi connectivity index (χ1) is 5.66. The van der Waals surface area contributed by atoms with Crippen LogP contribution in [0.25, 0.3) is 0 Å². The normalized spacial score (nSPS) is 48.5. The third-order valence-corrected chi connectivity index (χ3v) is 4.53. The van der Waals surface area contributed by atoms with Gasteiger partial charge >= 0.3 is 0 Å². The van der Waals surface area contributed by atoms with Crippen LogP contribution in [-0.4, -0.2) is 13.1 Å². The third-order valence-electron chi connectivity index (χ3n) is 4.53. The summed E-state index contributed by atoms with van der Waals surface area (Å²) in [6.45, 7) is 7.49. The maximum atomic E-state index is 3.55. The molecule has 1 nitrogen and oxygen atoms in total. The average Bonchev–Trinajstić information content (AvgIpc) is 2.05. The van der Waals surface area contributed by atoms with Crippen molar-refractivity contribution in [3.8, 4) is 0 Å². The van der Waals surface area contributed by atoms with Gasteiger partial charge < -0.3 is 5.32 Å². The van der Waals surface area contributed by atoms with Crippen molar-refractivity contribution in [3.63, 3.8) is 0 Å². The van der Waals surface area contributed by atoms with Crippen molar-refractivity contribution in [1.29, 1.82) is 0 Å². The fraction of sp³-hybridized carbons (Fsp3) is 1.00. The molecular formula is C11H21N. The zero-order valence-electron chi connectivity index (χ0n) is 8.45. The maximum absolute atomic E-state index is 3.55. The van der Waals surface area contributed by atoms with E-state index in [0.29, 0.717) is 10.8 Å². The molecule has 1 aliphatic heterocycles. The van der Waals surface area contributed by atoms with E-state index in [1.165, 1.54) is 45.2 Å². The van der Waals surface area contributed by atoms with Crippen molar-refractivity contribution >= 4 is 0 Å². The van der Waals surface area contributed by atoms with Gasteiger partial charge in [-0.25, -0.2) is 0 Å². The molecule has 0 radical (unpaired) electrons. The van der Waals surface area contributed by atoms with Crippen LogP contribution in [0, 0.1) is 10.8 Å². The Morgan fingerprint density at radius 3 is 2.25 bits per heavy atom. The summed E-state index contributed by atoms with van der Waals surface area (Å²) in [5.41, 5.74) is 1.25. The van der Waals surface area contributed by atoms with Gasteiger partial charge in [0.1, 0.15) is 0 Å². The van der Waals surface area contributed by atoms with E-state index in [0.717, 1.165) is 0 Å². The topological polar surface area (TPSA) is 12.0 Å². The second-order valence-electron chi connectivity index (χ2n) is 5.26. The van der Waals surface area contributed by atoms with Crippen LogP contribution < -0.4 is 5.32 Å². The number of rotatable bonds is 0. The van der Waals surface area contributed by atoms with Crippen molar-refractivity contribution in [1.82, 2.24) is 5.32 Å². The average molecular weight is 167 g/mol. The van der Waals surface area contributed by atoms with E-state index >= 15 is 0 Å². The second kappa shape index (κ2) is 2.73. The van der Waals surface area contributed by atoms with E-state index in [1.54, 1.807) is 0 Å². The quantitative estimate of drug-likeness (QED) is 0.584. The van der Waals surface area contributed by atoms with Crippen LogP contribution in [0.2, 0.25) is 0 Å². The molecule has 0 aromatic rings. The van der Waals surface area contributed by atoms with Gasteiger partial charge in [-0.3, -0.25) is 0 Å². The Balaban J connectivity index is 2.20. The van der Waals surface area contributed by atoms with Gasteiger partial charge in [0.25, 0.3) is 0 Å². The highest BCUT2D eigenvalue weighted by molar-refractivity contribution is 4.99. The molecule has 0 amide bonds. The fourth-order valence-corrected chi connectivity index (χ4v) is 3.09. The molecular weight excluding hydrogens is 146 g/mol. The molecule has 1 N–H and O–H groups in total. The summed E-state index contributed by atoms with van der Waals surface area (Å²) in [7, 11) is 0. The molecule has 1 saturated heterocycles. The summed E-state index contributed by atoms with van der Waals surface area (Å²) in [4.78, 5) is 0. The van der Waals surface area contributed by atoms with Gasteiger partial charge in [0, 0.05) is 6.54 Å². The number of nitrogens with one attached hydrogen (secondary N) is 1. The molecule has 1 saturated carbocycles. The van der Waals surface area contributed by atoms with Crippen LogP contribution in [0.15, 0.2) is 0 Å². The molecule has 0 bridgehead atoms. The number of fused-ring (bicyclic) bond motifs is 1. The molecule has 2 atom stereocenters. The van der Waals surface area contributed by atoms with E-state index in [9.17, 15) is 0 Å². The number of hydrogen-bond acceptors (Lipinski definition) is 1. The van der Waals surface area contributed by atoms with Crippen molar-refractivity contribution < 1.29 is 0 Å². The van der Waals surface area contributed by atoms with Crippen molar-refractivity contribution in [2.75, 3.05) is 13.1 Å². The molecule has 0 aromatic carbocycles. The molecule has 2 aliphatic rings. The molecule has 0 spiro atoms. The van der Waals surface area contributed by atoms with Gasteiger partial charge in [-0.2, -0.15) is 0 Å². The standard InChI is InChI=1S/C11H21N/c1-10-5-3-4-6-11(10,2)9-12-8-7-10/h12H,3-9H2,1-2H3. The Morgan fingerprint density at radius 1 is 0.917 bits per heavy atom. The molecule has 12 heavy (non-hydrogen) atoms. The third kappa shape index (κ3) is 1.10. The minimum absolute atomic E-state index is 0.601. The molecule has 0 aromatic heterocycles. The van der Waals surface area contributed by atoms with Gasteiger partial charge in [0.2, 0.25) is 0 Å². The molecule has 70 valence electrons. The van der Waals surface area contributed by atoms with Crippen LogP contribution in [0.5, 0.6) is 0 Å². The van der Waals surface area contributed by atoms with E-state index in [4.69, 9.17) is 0 Å². The van der Waals surface area contributed by atoms with E-state index in [1.807, 2.05) is 0 Å². The van der Waals surface area contributed by atoms with Gasteiger partial charge in [0.05, 0.1) is 0 Å². The molecule has 2 rings (SSSR count). The van der Waals surface area contributed by atoms with Crippen molar-refractivity contribution in [2.24, 2.45) is 10.8 Å². The van der Waals surface area contributed by atoms with Crippen LogP contribution >= 0.6 is 0 Å². The second-order valence-corrected chi connectivity index (χ2v) is 5.26. The lowest BCUT2D eigenvalue weighted by Crippen LogP contribution is -2.52. The molecule has 1 heteroatoms. The van der Waals surface area contributed by atoms with Crippen molar-refractivity contribution in [3.05, 3.63) is 0 Å². The minimum Gasteiger partial charge on any atom is -0.316 e. The molecule has 2 unspecified atom stereocenters. The predicted molar refractivity (Wildman–Crippen MR) is 52.2 cm³/mol. The molecule has 2 fully saturated rings. The Labute approximate surface area is 75.9 Å². The zero-order valence-corrected chi connectivity index (χ0v) is 8.45. The van der Waals surface area contributed by atoms with Crippen LogP contribution in [0.4, 0.5) is 0 Å². The van der Waals surface area contributed by atoms with Crippen LogP contribution in [0.1, 0.15) is 46.0 Å². The van der Waals surface area contributed by atoms with E-state index in [-0.39, 0.29) is 0 Å². The number of piperidine rings is 1. The first-order valence-electron chi connectivity index (χ1n) is 5.37. The summed E-state index contributed by atoms with van der Waals surface area (Å²) >= 11 is 0. The highest BCUT2D eigenvalue weighted by Gasteiger charge is 2.47. The Bertz CT molecular complexity index is 142. The Hall–Kier alpha value is -0.0400. The lowest BCUT2D eigenvalue weighted by Gasteiger charge is -2.53. The highest BCUT2D eigenvalue weighted by atomic mass is 14.9. The van der Waals surface area contributed by atoms with E-state index in [2.05, 4.69) is 19.2 Å². The summed E-state index contributed by atoms with van der Waals surface area (Å²) < 4.78 is 0. The Morgan fingerprint density at radius 2 is 1.58 bits per heavy atom. The summed E-state index contributed by atoms with van der Waals surface area (Å²) in [5, 5.41) is 3.55. The fourth-order valence-electron chi connectivity index (χ4n) is 3.09. The van der Waals surface area contributed by atoms with Crippen LogP contribution in [-0.2, 0) is 0 Å². The Kier molecular flexibility index (Phi) is 1.95. The SMILES string of the molecule is CC12CCCCC1(C)CNCC2. The maximum Gasteiger partial charge on any atom is 0.00104 e. The summed E-state index contributed by atoms with van der Waals surface area (Å²) in [6, 6.07) is 0. The predicted octanol–water partition coefficient (Wildman–Crippen LogP) is 2.57. The molecule has 1 aliphatic carbocycles. The van der Waals surface area contributed by atoms with Gasteiger partial charge in [-0.05, 0) is 36.6 Å². The van der Waals surface area contributed by atoms with Gasteiger partial charge in [0.15, 0.2) is 0 Å². The van der Waals surface area contributed by atoms with Gasteiger partial charge in [-0.1, -0.05) is 26.7 Å². The van der Waals surface area contributed by atoms with E-state index < -0.39 is 0 Å². The first kappa shape index (κ1) is 8.55. The lowest BCUT2D eigenvalue weighted by atomic mass is 9.55. The van der Waals surface area contributed by atoms with Crippen LogP contribution in [0.3, 0.4) is 0 Å². The lowest BCUT2D eigenvalue weighted by molar-refractivity contribution is -0.0130. The molecule has 1 heterocycles. The largest absolute Gasteiger partial charge is 0.316 e.